The van der Waals surface area contributed by atoms with Gasteiger partial charge < -0.3 is 10.2 Å². The van der Waals surface area contributed by atoms with E-state index in [1.165, 1.54) is 24.3 Å². The summed E-state index contributed by atoms with van der Waals surface area (Å²) >= 11 is 0. The van der Waals surface area contributed by atoms with E-state index in [1.807, 2.05) is 11.8 Å². The summed E-state index contributed by atoms with van der Waals surface area (Å²) in [7, 11) is 0. The predicted octanol–water partition coefficient (Wildman–Crippen LogP) is 1.11. The third kappa shape index (κ3) is 2.63. The van der Waals surface area contributed by atoms with Crippen LogP contribution in [0.1, 0.15) is 17.3 Å². The number of hydrogen-bond acceptors (Lipinski definition) is 3. The molecule has 2 fully saturated rings. The Kier molecular flexibility index (Phi) is 3.63. The second-order valence-corrected chi connectivity index (χ2v) is 5.58. The number of piperazine rings is 1. The van der Waals surface area contributed by atoms with Crippen LogP contribution in [0.15, 0.2) is 24.3 Å². The first-order chi connectivity index (χ1) is 10.1. The number of benzene rings is 1. The largest absolute Gasteiger partial charge is 0.336 e. The monoisotopic (exact) mass is 291 g/mol. The molecule has 1 N–H and O–H groups in total. The third-order valence-electron chi connectivity index (χ3n) is 4.32. The number of fused-ring (bicyclic) bond motifs is 1. The van der Waals surface area contributed by atoms with Gasteiger partial charge in [0.2, 0.25) is 0 Å². The van der Waals surface area contributed by atoms with Crippen molar-refractivity contribution < 1.29 is 14.0 Å². The quantitative estimate of drug-likeness (QED) is 0.849. The highest BCUT2D eigenvalue weighted by Crippen LogP contribution is 2.18. The average Bonchev–Trinajstić information content (AvgIpc) is 2.87. The fraction of sp³-hybridized carbons (Fsp3) is 0.467. The van der Waals surface area contributed by atoms with Gasteiger partial charge in [0.15, 0.2) is 5.78 Å². The van der Waals surface area contributed by atoms with Gasteiger partial charge in [-0.15, -0.1) is 0 Å². The smallest absolute Gasteiger partial charge is 0.317 e. The van der Waals surface area contributed by atoms with Crippen molar-refractivity contribution in [1.82, 2.24) is 15.1 Å². The van der Waals surface area contributed by atoms with Gasteiger partial charge in [-0.1, -0.05) is 0 Å². The maximum atomic E-state index is 12.9. The zero-order valence-corrected chi connectivity index (χ0v) is 11.9. The summed E-state index contributed by atoms with van der Waals surface area (Å²) in [6.45, 7) is 4.50. The number of amides is 2. The first-order valence-corrected chi connectivity index (χ1v) is 7.14. The Morgan fingerprint density at radius 3 is 2.76 bits per heavy atom. The highest BCUT2D eigenvalue weighted by atomic mass is 19.1. The molecule has 0 aliphatic carbocycles. The second-order valence-electron chi connectivity index (χ2n) is 5.58. The summed E-state index contributed by atoms with van der Waals surface area (Å²) in [5, 5.41) is 2.82. The van der Waals surface area contributed by atoms with E-state index >= 15 is 0 Å². The number of nitrogens with one attached hydrogen (secondary N) is 1. The average molecular weight is 291 g/mol. The zero-order valence-electron chi connectivity index (χ0n) is 11.9. The van der Waals surface area contributed by atoms with E-state index in [9.17, 15) is 14.0 Å². The van der Waals surface area contributed by atoms with Crippen molar-refractivity contribution in [3.05, 3.63) is 35.6 Å². The normalized spacial score (nSPS) is 23.6. The van der Waals surface area contributed by atoms with E-state index in [4.69, 9.17) is 0 Å². The van der Waals surface area contributed by atoms with Gasteiger partial charge in [-0.25, -0.2) is 9.18 Å². The Labute approximate surface area is 122 Å². The number of carbonyl (C=O) groups is 2. The fourth-order valence-corrected chi connectivity index (χ4v) is 3.00. The van der Waals surface area contributed by atoms with Crippen LogP contribution in [0.2, 0.25) is 0 Å². The Morgan fingerprint density at radius 2 is 2.05 bits per heavy atom. The number of urea groups is 1. The highest BCUT2D eigenvalue weighted by molar-refractivity contribution is 5.99. The summed E-state index contributed by atoms with van der Waals surface area (Å²) in [6.07, 6.45) is 0. The molecule has 0 aromatic heterocycles. The van der Waals surface area contributed by atoms with Gasteiger partial charge in [0.1, 0.15) is 5.82 Å². The van der Waals surface area contributed by atoms with Gasteiger partial charge in [0.25, 0.3) is 0 Å². The fourth-order valence-electron chi connectivity index (χ4n) is 3.00. The summed E-state index contributed by atoms with van der Waals surface area (Å²) in [5.74, 6) is -0.357. The first-order valence-electron chi connectivity index (χ1n) is 7.14. The summed E-state index contributed by atoms with van der Waals surface area (Å²) < 4.78 is 12.9. The van der Waals surface area contributed by atoms with Crippen molar-refractivity contribution in [2.75, 3.05) is 26.2 Å². The number of Topliss-reactive ketones (excluding diaryl/α,β-unsaturated/α-hetero) is 1. The Bertz CT molecular complexity index is 561. The SMILES string of the molecule is CC(C(=O)c1ccc(F)cc1)N1CCN2C(=O)NCC2C1. The lowest BCUT2D eigenvalue weighted by Crippen LogP contribution is -2.55. The van der Waals surface area contributed by atoms with E-state index < -0.39 is 0 Å². The van der Waals surface area contributed by atoms with Crippen molar-refractivity contribution in [3.63, 3.8) is 0 Å². The molecule has 2 unspecified atom stereocenters. The number of nitrogens with zero attached hydrogens (tertiary/aromatic N) is 2. The van der Waals surface area contributed by atoms with Crippen LogP contribution in [0.4, 0.5) is 9.18 Å². The Balaban J connectivity index is 1.68. The third-order valence-corrected chi connectivity index (χ3v) is 4.32. The molecule has 5 nitrogen and oxygen atoms in total. The van der Waals surface area contributed by atoms with Gasteiger partial charge in [0, 0.05) is 31.7 Å². The highest BCUT2D eigenvalue weighted by Gasteiger charge is 2.37. The number of carbonyl (C=O) groups excluding carboxylic acids is 2. The van der Waals surface area contributed by atoms with Crippen LogP contribution in [-0.4, -0.2) is 59.9 Å². The minimum absolute atomic E-state index is 0.0132. The minimum Gasteiger partial charge on any atom is -0.336 e. The van der Waals surface area contributed by atoms with Gasteiger partial charge in [-0.3, -0.25) is 9.69 Å². The molecule has 2 aliphatic rings. The van der Waals surface area contributed by atoms with Crippen molar-refractivity contribution in [1.29, 1.82) is 0 Å². The van der Waals surface area contributed by atoms with E-state index in [0.717, 1.165) is 0 Å². The minimum atomic E-state index is -0.344. The lowest BCUT2D eigenvalue weighted by atomic mass is 10.0. The van der Waals surface area contributed by atoms with Crippen molar-refractivity contribution in [2.45, 2.75) is 19.0 Å². The molecular weight excluding hydrogens is 273 g/mol. The number of ketones is 1. The zero-order chi connectivity index (χ0) is 15.0. The molecule has 21 heavy (non-hydrogen) atoms. The molecule has 6 heteroatoms. The molecule has 2 aliphatic heterocycles. The van der Waals surface area contributed by atoms with Crippen LogP contribution in [-0.2, 0) is 0 Å². The maximum Gasteiger partial charge on any atom is 0.317 e. The molecule has 2 amide bonds. The van der Waals surface area contributed by atoms with Gasteiger partial charge in [0.05, 0.1) is 12.1 Å². The lowest BCUT2D eigenvalue weighted by molar-refractivity contribution is 0.0677. The predicted molar refractivity (Wildman–Crippen MR) is 75.7 cm³/mol. The standard InChI is InChI=1S/C15H18FN3O2/c1-10(14(20)11-2-4-12(16)5-3-11)18-6-7-19-13(9-18)8-17-15(19)21/h2-5,10,13H,6-9H2,1H3,(H,17,21). The van der Waals surface area contributed by atoms with Gasteiger partial charge in [-0.2, -0.15) is 0 Å². The van der Waals surface area contributed by atoms with Gasteiger partial charge in [-0.05, 0) is 31.2 Å². The van der Waals surface area contributed by atoms with Crippen LogP contribution < -0.4 is 5.32 Å². The van der Waals surface area contributed by atoms with Crippen molar-refractivity contribution >= 4 is 11.8 Å². The van der Waals surface area contributed by atoms with Crippen LogP contribution in [0.25, 0.3) is 0 Å². The van der Waals surface area contributed by atoms with E-state index in [2.05, 4.69) is 10.2 Å². The molecule has 1 aromatic rings. The molecule has 1 aromatic carbocycles. The maximum absolute atomic E-state index is 12.9. The number of halogens is 1. The lowest BCUT2D eigenvalue weighted by Gasteiger charge is -2.39. The van der Waals surface area contributed by atoms with Crippen molar-refractivity contribution in [2.24, 2.45) is 0 Å². The molecule has 3 rings (SSSR count). The van der Waals surface area contributed by atoms with Crippen LogP contribution >= 0.6 is 0 Å². The van der Waals surface area contributed by atoms with Crippen molar-refractivity contribution in [3.8, 4) is 0 Å². The van der Waals surface area contributed by atoms with E-state index in [1.54, 1.807) is 0 Å². The molecule has 2 heterocycles. The summed E-state index contributed by atoms with van der Waals surface area (Å²) in [4.78, 5) is 27.9. The van der Waals surface area contributed by atoms with Crippen LogP contribution in [0.5, 0.6) is 0 Å². The molecular formula is C15H18FN3O2. The van der Waals surface area contributed by atoms with Crippen LogP contribution in [0, 0.1) is 5.82 Å². The summed E-state index contributed by atoms with van der Waals surface area (Å²) in [6, 6.07) is 5.49. The van der Waals surface area contributed by atoms with E-state index in [-0.39, 0.29) is 29.7 Å². The molecule has 2 saturated heterocycles. The molecule has 0 radical (unpaired) electrons. The van der Waals surface area contributed by atoms with E-state index in [0.29, 0.717) is 31.7 Å². The second kappa shape index (κ2) is 5.44. The molecule has 0 saturated carbocycles. The molecule has 0 spiro atoms. The van der Waals surface area contributed by atoms with Crippen LogP contribution in [0.3, 0.4) is 0 Å². The Hall–Kier alpha value is -1.95. The molecule has 112 valence electrons. The Morgan fingerprint density at radius 1 is 1.33 bits per heavy atom. The number of hydrogen-bond donors (Lipinski definition) is 1. The van der Waals surface area contributed by atoms with Gasteiger partial charge >= 0.3 is 6.03 Å². The number of rotatable bonds is 3. The first kappa shape index (κ1) is 14.0. The molecule has 2 atom stereocenters. The molecule has 0 bridgehead atoms. The summed E-state index contributed by atoms with van der Waals surface area (Å²) in [5.41, 5.74) is 0.520. The topological polar surface area (TPSA) is 52.7 Å².